The molecular weight excluding hydrogens is 194 g/mol. The quantitative estimate of drug-likeness (QED) is 0.732. The minimum Gasteiger partial charge on any atom is -0.314 e. The molecule has 0 aliphatic rings. The summed E-state index contributed by atoms with van der Waals surface area (Å²) in [6.45, 7) is 7.94. The maximum Gasteiger partial charge on any atom is 0.00386 e. The van der Waals surface area contributed by atoms with Crippen molar-refractivity contribution in [2.45, 2.75) is 52.0 Å². The Balaban J connectivity index is 2.23. The molecule has 0 bridgehead atoms. The third-order valence-corrected chi connectivity index (χ3v) is 3.16. The monoisotopic (exact) mass is 219 g/mol. The fourth-order valence-corrected chi connectivity index (χ4v) is 2.03. The second kappa shape index (κ2) is 7.45. The van der Waals surface area contributed by atoms with Crippen molar-refractivity contribution >= 4 is 0 Å². The summed E-state index contributed by atoms with van der Waals surface area (Å²) >= 11 is 0. The van der Waals surface area contributed by atoms with Crippen molar-refractivity contribution in [3.63, 3.8) is 0 Å². The first-order valence-electron chi connectivity index (χ1n) is 6.52. The summed E-state index contributed by atoms with van der Waals surface area (Å²) < 4.78 is 0. The lowest BCUT2D eigenvalue weighted by Crippen LogP contribution is -2.27. The third kappa shape index (κ3) is 4.80. The van der Waals surface area contributed by atoms with Gasteiger partial charge in [-0.2, -0.15) is 0 Å². The van der Waals surface area contributed by atoms with Gasteiger partial charge >= 0.3 is 0 Å². The van der Waals surface area contributed by atoms with Crippen molar-refractivity contribution in [1.82, 2.24) is 5.32 Å². The van der Waals surface area contributed by atoms with Crippen molar-refractivity contribution in [2.24, 2.45) is 0 Å². The summed E-state index contributed by atoms with van der Waals surface area (Å²) in [5.41, 5.74) is 1.45. The molecule has 90 valence electrons. The molecule has 0 aliphatic heterocycles. The molecule has 1 rings (SSSR count). The number of nitrogens with one attached hydrogen (secondary N) is 1. The highest BCUT2D eigenvalue weighted by Gasteiger charge is 2.05. The SMILES string of the molecule is CCCC(C)NCCC(C)c1ccccc1. The smallest absolute Gasteiger partial charge is 0.00386 e. The number of rotatable bonds is 7. The Morgan fingerprint density at radius 2 is 1.75 bits per heavy atom. The molecule has 1 N–H and O–H groups in total. The van der Waals surface area contributed by atoms with E-state index in [9.17, 15) is 0 Å². The van der Waals surface area contributed by atoms with Gasteiger partial charge in [-0.25, -0.2) is 0 Å². The molecule has 0 aromatic heterocycles. The Bertz CT molecular complexity index is 268. The molecule has 0 heterocycles. The van der Waals surface area contributed by atoms with Gasteiger partial charge in [-0.15, -0.1) is 0 Å². The van der Waals surface area contributed by atoms with Crippen LogP contribution in [0.15, 0.2) is 30.3 Å². The lowest BCUT2D eigenvalue weighted by molar-refractivity contribution is 0.487. The van der Waals surface area contributed by atoms with Gasteiger partial charge in [0.15, 0.2) is 0 Å². The number of hydrogen-bond acceptors (Lipinski definition) is 1. The van der Waals surface area contributed by atoms with E-state index in [1.165, 1.54) is 24.8 Å². The lowest BCUT2D eigenvalue weighted by atomic mass is 9.98. The van der Waals surface area contributed by atoms with Crippen molar-refractivity contribution in [3.05, 3.63) is 35.9 Å². The zero-order valence-corrected chi connectivity index (χ0v) is 10.9. The van der Waals surface area contributed by atoms with E-state index < -0.39 is 0 Å². The fourth-order valence-electron chi connectivity index (χ4n) is 2.03. The maximum absolute atomic E-state index is 3.58. The van der Waals surface area contributed by atoms with Crippen molar-refractivity contribution < 1.29 is 0 Å². The molecule has 0 radical (unpaired) electrons. The molecule has 2 unspecified atom stereocenters. The van der Waals surface area contributed by atoms with Gasteiger partial charge < -0.3 is 5.32 Å². The molecule has 0 fully saturated rings. The van der Waals surface area contributed by atoms with Crippen molar-refractivity contribution in [3.8, 4) is 0 Å². The Morgan fingerprint density at radius 1 is 1.06 bits per heavy atom. The van der Waals surface area contributed by atoms with Gasteiger partial charge in [-0.1, -0.05) is 50.6 Å². The van der Waals surface area contributed by atoms with Crippen LogP contribution in [0.25, 0.3) is 0 Å². The zero-order valence-electron chi connectivity index (χ0n) is 10.9. The molecule has 1 nitrogen and oxygen atoms in total. The number of benzene rings is 1. The Hall–Kier alpha value is -0.820. The average molecular weight is 219 g/mol. The van der Waals surface area contributed by atoms with Gasteiger partial charge in [0.25, 0.3) is 0 Å². The predicted molar refractivity (Wildman–Crippen MR) is 71.8 cm³/mol. The largest absolute Gasteiger partial charge is 0.314 e. The summed E-state index contributed by atoms with van der Waals surface area (Å²) in [6.07, 6.45) is 3.76. The van der Waals surface area contributed by atoms with Crippen LogP contribution < -0.4 is 5.32 Å². The van der Waals surface area contributed by atoms with E-state index in [0.717, 1.165) is 6.54 Å². The topological polar surface area (TPSA) is 12.0 Å². The second-order valence-corrected chi connectivity index (χ2v) is 4.74. The molecule has 0 amide bonds. The molecule has 0 saturated carbocycles. The first-order chi connectivity index (χ1) is 7.74. The summed E-state index contributed by atoms with van der Waals surface area (Å²) in [7, 11) is 0. The second-order valence-electron chi connectivity index (χ2n) is 4.74. The van der Waals surface area contributed by atoms with Crippen LogP contribution in [0.5, 0.6) is 0 Å². The molecule has 0 spiro atoms. The minimum absolute atomic E-state index is 0.655. The van der Waals surface area contributed by atoms with Crippen LogP contribution in [0, 0.1) is 0 Å². The molecule has 1 aromatic rings. The molecule has 1 heteroatoms. The van der Waals surface area contributed by atoms with Gasteiger partial charge in [0.05, 0.1) is 0 Å². The van der Waals surface area contributed by atoms with E-state index >= 15 is 0 Å². The van der Waals surface area contributed by atoms with E-state index in [2.05, 4.69) is 56.4 Å². The highest BCUT2D eigenvalue weighted by Crippen LogP contribution is 2.17. The summed E-state index contributed by atoms with van der Waals surface area (Å²) in [6, 6.07) is 11.4. The molecule has 2 atom stereocenters. The molecule has 1 aromatic carbocycles. The van der Waals surface area contributed by atoms with Gasteiger partial charge in [0, 0.05) is 6.04 Å². The average Bonchev–Trinajstić information content (AvgIpc) is 2.30. The van der Waals surface area contributed by atoms with Gasteiger partial charge in [-0.05, 0) is 37.8 Å². The van der Waals surface area contributed by atoms with E-state index in [-0.39, 0.29) is 0 Å². The van der Waals surface area contributed by atoms with Crippen LogP contribution in [0.4, 0.5) is 0 Å². The van der Waals surface area contributed by atoms with Gasteiger partial charge in [-0.3, -0.25) is 0 Å². The third-order valence-electron chi connectivity index (χ3n) is 3.16. The zero-order chi connectivity index (χ0) is 11.8. The summed E-state index contributed by atoms with van der Waals surface area (Å²) in [4.78, 5) is 0. The highest BCUT2D eigenvalue weighted by atomic mass is 14.9. The lowest BCUT2D eigenvalue weighted by Gasteiger charge is -2.16. The van der Waals surface area contributed by atoms with Crippen molar-refractivity contribution in [2.75, 3.05) is 6.54 Å². The highest BCUT2D eigenvalue weighted by molar-refractivity contribution is 5.18. The van der Waals surface area contributed by atoms with Gasteiger partial charge in [0.1, 0.15) is 0 Å². The van der Waals surface area contributed by atoms with E-state index in [0.29, 0.717) is 12.0 Å². The minimum atomic E-state index is 0.655. The van der Waals surface area contributed by atoms with Crippen LogP contribution in [-0.2, 0) is 0 Å². The first-order valence-corrected chi connectivity index (χ1v) is 6.52. The van der Waals surface area contributed by atoms with Crippen molar-refractivity contribution in [1.29, 1.82) is 0 Å². The van der Waals surface area contributed by atoms with E-state index in [1.54, 1.807) is 0 Å². The maximum atomic E-state index is 3.58. The predicted octanol–water partition coefficient (Wildman–Crippen LogP) is 3.96. The summed E-state index contributed by atoms with van der Waals surface area (Å²) in [5.74, 6) is 0.655. The van der Waals surface area contributed by atoms with Crippen LogP contribution >= 0.6 is 0 Å². The Morgan fingerprint density at radius 3 is 2.38 bits per heavy atom. The Kier molecular flexibility index (Phi) is 6.17. The van der Waals surface area contributed by atoms with Crippen LogP contribution in [0.2, 0.25) is 0 Å². The Labute approximate surface area is 100 Å². The van der Waals surface area contributed by atoms with E-state index in [1.807, 2.05) is 0 Å². The normalized spacial score (nSPS) is 14.7. The van der Waals surface area contributed by atoms with Gasteiger partial charge in [0.2, 0.25) is 0 Å². The fraction of sp³-hybridized carbons (Fsp3) is 0.600. The molecule has 0 saturated heterocycles. The molecule has 16 heavy (non-hydrogen) atoms. The summed E-state index contributed by atoms with van der Waals surface area (Å²) in [5, 5.41) is 3.58. The molecular formula is C15H25N. The standard InChI is InChI=1S/C15H25N/c1-4-8-14(3)16-12-11-13(2)15-9-6-5-7-10-15/h5-7,9-10,13-14,16H,4,8,11-12H2,1-3H3. The van der Waals surface area contributed by atoms with E-state index in [4.69, 9.17) is 0 Å². The molecule has 0 aliphatic carbocycles. The first kappa shape index (κ1) is 13.2. The van der Waals surface area contributed by atoms with Crippen LogP contribution in [0.1, 0.15) is 51.5 Å². The number of hydrogen-bond donors (Lipinski definition) is 1. The van der Waals surface area contributed by atoms with Crippen LogP contribution in [0.3, 0.4) is 0 Å². The van der Waals surface area contributed by atoms with Crippen LogP contribution in [-0.4, -0.2) is 12.6 Å².